The number of rotatable bonds is 3. The summed E-state index contributed by atoms with van der Waals surface area (Å²) in [5.74, 6) is 0.660. The van der Waals surface area contributed by atoms with E-state index in [2.05, 4.69) is 10.3 Å². The number of amides is 1. The van der Waals surface area contributed by atoms with Crippen LogP contribution in [0.25, 0.3) is 0 Å². The number of nitrogens with zero attached hydrogens (tertiary/aromatic N) is 2. The van der Waals surface area contributed by atoms with Crippen molar-refractivity contribution in [2.75, 3.05) is 18.0 Å². The number of nitrogens with one attached hydrogen (secondary N) is 1. The number of carbonyl (C=O) groups is 1. The van der Waals surface area contributed by atoms with Gasteiger partial charge < -0.3 is 10.2 Å². The van der Waals surface area contributed by atoms with Gasteiger partial charge in [0, 0.05) is 31.2 Å². The standard InChI is InChI=1S/C16H19ClF3N3O/c17-13-8-11(16(18,19)20)9-21-14(13)23-6-4-12(5-7-23)22-15(24)10-2-1-3-10/h8-10,12H,1-7H2,(H,22,24). The van der Waals surface area contributed by atoms with Gasteiger partial charge in [0.1, 0.15) is 5.82 Å². The van der Waals surface area contributed by atoms with Crippen molar-refractivity contribution in [3.05, 3.63) is 22.8 Å². The number of hydrogen-bond acceptors (Lipinski definition) is 3. The highest BCUT2D eigenvalue weighted by atomic mass is 35.5. The Hall–Kier alpha value is -1.50. The molecule has 2 fully saturated rings. The Morgan fingerprint density at radius 2 is 1.92 bits per heavy atom. The van der Waals surface area contributed by atoms with Crippen molar-refractivity contribution in [3.63, 3.8) is 0 Å². The molecule has 132 valence electrons. The molecule has 24 heavy (non-hydrogen) atoms. The highest BCUT2D eigenvalue weighted by Crippen LogP contribution is 2.34. The average molecular weight is 362 g/mol. The van der Waals surface area contributed by atoms with Crippen LogP contribution >= 0.6 is 11.6 Å². The highest BCUT2D eigenvalue weighted by molar-refractivity contribution is 6.33. The quantitative estimate of drug-likeness (QED) is 0.894. The Morgan fingerprint density at radius 1 is 1.25 bits per heavy atom. The second-order valence-corrected chi connectivity index (χ2v) is 6.83. The van der Waals surface area contributed by atoms with Crippen LogP contribution in [0.2, 0.25) is 5.02 Å². The zero-order valence-electron chi connectivity index (χ0n) is 13.1. The van der Waals surface area contributed by atoms with Crippen LogP contribution in [-0.4, -0.2) is 30.0 Å². The molecular formula is C16H19ClF3N3O. The van der Waals surface area contributed by atoms with E-state index in [1.54, 1.807) is 0 Å². The molecule has 2 aliphatic rings. The number of pyridine rings is 1. The first-order chi connectivity index (χ1) is 11.3. The Kier molecular flexibility index (Phi) is 4.90. The van der Waals surface area contributed by atoms with E-state index in [0.717, 1.165) is 44.4 Å². The summed E-state index contributed by atoms with van der Waals surface area (Å²) in [5.41, 5.74) is -0.848. The lowest BCUT2D eigenvalue weighted by molar-refractivity contribution is -0.137. The van der Waals surface area contributed by atoms with Crippen molar-refractivity contribution in [2.24, 2.45) is 5.92 Å². The Labute approximate surface area is 143 Å². The van der Waals surface area contributed by atoms with Gasteiger partial charge in [0.05, 0.1) is 10.6 Å². The summed E-state index contributed by atoms with van der Waals surface area (Å²) in [6.45, 7) is 1.21. The van der Waals surface area contributed by atoms with Crippen LogP contribution in [0.3, 0.4) is 0 Å². The molecule has 8 heteroatoms. The van der Waals surface area contributed by atoms with Crippen molar-refractivity contribution < 1.29 is 18.0 Å². The third-order valence-electron chi connectivity index (χ3n) is 4.77. The topological polar surface area (TPSA) is 45.2 Å². The van der Waals surface area contributed by atoms with Crippen LogP contribution in [0.1, 0.15) is 37.7 Å². The number of anilines is 1. The summed E-state index contributed by atoms with van der Waals surface area (Å²) in [6, 6.07) is 1.02. The lowest BCUT2D eigenvalue weighted by atomic mass is 9.84. The van der Waals surface area contributed by atoms with Gasteiger partial charge in [-0.25, -0.2) is 4.98 Å². The van der Waals surface area contributed by atoms with E-state index in [9.17, 15) is 18.0 Å². The first-order valence-electron chi connectivity index (χ1n) is 8.12. The first-order valence-corrected chi connectivity index (χ1v) is 8.50. The predicted molar refractivity (Wildman–Crippen MR) is 85.0 cm³/mol. The SMILES string of the molecule is O=C(NC1CCN(c2ncc(C(F)(F)F)cc2Cl)CC1)C1CCC1. The highest BCUT2D eigenvalue weighted by Gasteiger charge is 2.33. The minimum Gasteiger partial charge on any atom is -0.355 e. The molecule has 1 saturated heterocycles. The van der Waals surface area contributed by atoms with Gasteiger partial charge in [-0.15, -0.1) is 0 Å². The average Bonchev–Trinajstić information content (AvgIpc) is 2.45. The minimum atomic E-state index is -4.45. The van der Waals surface area contributed by atoms with Crippen LogP contribution < -0.4 is 10.2 Å². The second-order valence-electron chi connectivity index (χ2n) is 6.42. The molecule has 1 N–H and O–H groups in total. The number of carbonyl (C=O) groups excluding carboxylic acids is 1. The van der Waals surface area contributed by atoms with E-state index in [0.29, 0.717) is 18.9 Å². The fraction of sp³-hybridized carbons (Fsp3) is 0.625. The number of halogens is 4. The lowest BCUT2D eigenvalue weighted by Gasteiger charge is -2.35. The summed E-state index contributed by atoms with van der Waals surface area (Å²) in [7, 11) is 0. The van der Waals surface area contributed by atoms with Gasteiger partial charge in [-0.3, -0.25) is 4.79 Å². The third kappa shape index (κ3) is 3.77. The van der Waals surface area contributed by atoms with Crippen LogP contribution in [-0.2, 0) is 11.0 Å². The van der Waals surface area contributed by atoms with E-state index >= 15 is 0 Å². The van der Waals surface area contributed by atoms with Crippen LogP contribution in [0.4, 0.5) is 19.0 Å². The maximum Gasteiger partial charge on any atom is 0.417 e. The summed E-state index contributed by atoms with van der Waals surface area (Å²) < 4.78 is 38.0. The van der Waals surface area contributed by atoms with Crippen molar-refractivity contribution in [3.8, 4) is 0 Å². The maximum absolute atomic E-state index is 12.7. The molecule has 0 spiro atoms. The number of piperidine rings is 1. The molecule has 1 saturated carbocycles. The molecule has 0 radical (unpaired) electrons. The summed E-state index contributed by atoms with van der Waals surface area (Å²) >= 11 is 5.98. The molecule has 1 aromatic heterocycles. The molecule has 1 aliphatic carbocycles. The minimum absolute atomic E-state index is 0.00165. The molecule has 0 aromatic carbocycles. The van der Waals surface area contributed by atoms with E-state index in [1.165, 1.54) is 0 Å². The number of aromatic nitrogens is 1. The summed E-state index contributed by atoms with van der Waals surface area (Å²) in [5, 5.41) is 3.07. The van der Waals surface area contributed by atoms with Gasteiger partial charge in [-0.05, 0) is 31.7 Å². The van der Waals surface area contributed by atoms with E-state index in [4.69, 9.17) is 11.6 Å². The zero-order chi connectivity index (χ0) is 17.3. The molecule has 1 amide bonds. The summed E-state index contributed by atoms with van der Waals surface area (Å²) in [6.07, 6.45) is 0.884. The molecule has 1 aromatic rings. The van der Waals surface area contributed by atoms with Crippen molar-refractivity contribution in [1.82, 2.24) is 10.3 Å². The van der Waals surface area contributed by atoms with Gasteiger partial charge >= 0.3 is 6.18 Å². The molecule has 1 aliphatic heterocycles. The number of alkyl halides is 3. The van der Waals surface area contributed by atoms with E-state index in [1.807, 2.05) is 4.90 Å². The van der Waals surface area contributed by atoms with E-state index < -0.39 is 11.7 Å². The van der Waals surface area contributed by atoms with Crippen LogP contribution in [0.5, 0.6) is 0 Å². The monoisotopic (exact) mass is 361 g/mol. The summed E-state index contributed by atoms with van der Waals surface area (Å²) in [4.78, 5) is 17.7. The lowest BCUT2D eigenvalue weighted by Crippen LogP contribution is -2.47. The fourth-order valence-electron chi connectivity index (χ4n) is 3.04. The Balaban J connectivity index is 1.57. The van der Waals surface area contributed by atoms with Crippen LogP contribution in [0, 0.1) is 5.92 Å². The van der Waals surface area contributed by atoms with Crippen molar-refractivity contribution in [2.45, 2.75) is 44.3 Å². The molecule has 2 heterocycles. The maximum atomic E-state index is 12.7. The number of hydrogen-bond donors (Lipinski definition) is 1. The van der Waals surface area contributed by atoms with Crippen molar-refractivity contribution >= 4 is 23.3 Å². The molecule has 0 unspecified atom stereocenters. The second kappa shape index (κ2) is 6.78. The van der Waals surface area contributed by atoms with Gasteiger partial charge in [0.2, 0.25) is 5.91 Å². The molecule has 4 nitrogen and oxygen atoms in total. The van der Waals surface area contributed by atoms with E-state index in [-0.39, 0.29) is 22.9 Å². The van der Waals surface area contributed by atoms with Gasteiger partial charge in [-0.2, -0.15) is 13.2 Å². The molecular weight excluding hydrogens is 343 g/mol. The van der Waals surface area contributed by atoms with Gasteiger partial charge in [0.15, 0.2) is 0 Å². The van der Waals surface area contributed by atoms with Gasteiger partial charge in [-0.1, -0.05) is 18.0 Å². The first kappa shape index (κ1) is 17.3. The third-order valence-corrected chi connectivity index (χ3v) is 5.04. The predicted octanol–water partition coefficient (Wildman–Crippen LogP) is 3.64. The van der Waals surface area contributed by atoms with Gasteiger partial charge in [0.25, 0.3) is 0 Å². The smallest absolute Gasteiger partial charge is 0.355 e. The zero-order valence-corrected chi connectivity index (χ0v) is 13.8. The fourth-order valence-corrected chi connectivity index (χ4v) is 3.33. The molecule has 0 bridgehead atoms. The van der Waals surface area contributed by atoms with Crippen LogP contribution in [0.15, 0.2) is 12.3 Å². The Bertz CT molecular complexity index is 611. The molecule has 3 rings (SSSR count). The normalized spacial score (nSPS) is 19.9. The Morgan fingerprint density at radius 3 is 2.42 bits per heavy atom. The largest absolute Gasteiger partial charge is 0.417 e. The van der Waals surface area contributed by atoms with Crippen molar-refractivity contribution in [1.29, 1.82) is 0 Å². The molecule has 0 atom stereocenters.